The Morgan fingerprint density at radius 3 is 2.10 bits per heavy atom. The molecule has 3 N–H and O–H groups in total. The third-order valence-corrected chi connectivity index (χ3v) is 5.02. The van der Waals surface area contributed by atoms with Gasteiger partial charge >= 0.3 is 12.1 Å². The fourth-order valence-corrected chi connectivity index (χ4v) is 3.59. The molecule has 1 aliphatic carbocycles. The lowest BCUT2D eigenvalue weighted by molar-refractivity contribution is -0.139. The quantitative estimate of drug-likeness (QED) is 0.620. The van der Waals surface area contributed by atoms with Gasteiger partial charge in [0.25, 0.3) is 0 Å². The predicted octanol–water partition coefficient (Wildman–Crippen LogP) is 3.14. The Balaban J connectivity index is 1.65. The zero-order valence-electron chi connectivity index (χ0n) is 17.1. The topological polar surface area (TPSA) is 105 Å². The van der Waals surface area contributed by atoms with Gasteiger partial charge in [-0.2, -0.15) is 0 Å². The Labute approximate surface area is 175 Å². The Hall–Kier alpha value is -3.35. The SMILES string of the molecule is CC(C)CNC(=O)C(CC(=O)O)NC(=O)OCC1c2ccccc2-c2ccccc21. The van der Waals surface area contributed by atoms with Crippen molar-refractivity contribution in [1.29, 1.82) is 0 Å². The van der Waals surface area contributed by atoms with Crippen LogP contribution in [-0.2, 0) is 14.3 Å². The number of carbonyl (C=O) groups excluding carboxylic acids is 2. The number of ether oxygens (including phenoxy) is 1. The standard InChI is InChI=1S/C23H26N2O5/c1-14(2)12-24-22(28)20(11-21(26)27)25-23(29)30-13-19-17-9-5-3-7-15(17)16-8-4-6-10-18(16)19/h3-10,14,19-20H,11-13H2,1-2H3,(H,24,28)(H,25,29)(H,26,27). The van der Waals surface area contributed by atoms with Crippen LogP contribution in [0.4, 0.5) is 4.79 Å². The molecule has 0 saturated carbocycles. The highest BCUT2D eigenvalue weighted by Gasteiger charge is 2.30. The largest absolute Gasteiger partial charge is 0.481 e. The van der Waals surface area contributed by atoms with Crippen molar-refractivity contribution in [3.63, 3.8) is 0 Å². The number of rotatable bonds is 8. The molecule has 0 bridgehead atoms. The summed E-state index contributed by atoms with van der Waals surface area (Å²) in [5.74, 6) is -1.64. The van der Waals surface area contributed by atoms with Gasteiger partial charge in [-0.25, -0.2) is 4.79 Å². The molecule has 0 aliphatic heterocycles. The summed E-state index contributed by atoms with van der Waals surface area (Å²) >= 11 is 0. The summed E-state index contributed by atoms with van der Waals surface area (Å²) in [6, 6.07) is 14.7. The van der Waals surface area contributed by atoms with E-state index >= 15 is 0 Å². The Bertz CT molecular complexity index is 895. The number of nitrogens with one attached hydrogen (secondary N) is 2. The Kier molecular flexibility index (Phi) is 6.72. The highest BCUT2D eigenvalue weighted by atomic mass is 16.5. The Morgan fingerprint density at radius 2 is 1.57 bits per heavy atom. The zero-order valence-corrected chi connectivity index (χ0v) is 17.1. The fourth-order valence-electron chi connectivity index (χ4n) is 3.59. The fraction of sp³-hybridized carbons (Fsp3) is 0.348. The van der Waals surface area contributed by atoms with Crippen LogP contribution in [0.25, 0.3) is 11.1 Å². The molecule has 2 amide bonds. The summed E-state index contributed by atoms with van der Waals surface area (Å²) in [6.07, 6.45) is -1.34. The molecule has 0 spiro atoms. The zero-order chi connectivity index (χ0) is 21.7. The van der Waals surface area contributed by atoms with E-state index in [4.69, 9.17) is 9.84 Å². The summed E-state index contributed by atoms with van der Waals surface area (Å²) in [7, 11) is 0. The molecule has 0 radical (unpaired) electrons. The molecule has 2 aromatic carbocycles. The van der Waals surface area contributed by atoms with Crippen LogP contribution in [0.5, 0.6) is 0 Å². The van der Waals surface area contributed by atoms with Gasteiger partial charge in [-0.1, -0.05) is 62.4 Å². The minimum absolute atomic E-state index is 0.0905. The lowest BCUT2D eigenvalue weighted by atomic mass is 9.98. The van der Waals surface area contributed by atoms with Gasteiger partial charge in [-0.15, -0.1) is 0 Å². The van der Waals surface area contributed by atoms with Gasteiger partial charge in [0.1, 0.15) is 12.6 Å². The van der Waals surface area contributed by atoms with Crippen molar-refractivity contribution in [1.82, 2.24) is 10.6 Å². The number of hydrogen-bond donors (Lipinski definition) is 3. The Morgan fingerprint density at radius 1 is 1.00 bits per heavy atom. The molecule has 3 rings (SSSR count). The molecule has 0 aromatic heterocycles. The van der Waals surface area contributed by atoms with Crippen LogP contribution in [-0.4, -0.2) is 42.3 Å². The average molecular weight is 410 g/mol. The summed E-state index contributed by atoms with van der Waals surface area (Å²) < 4.78 is 5.40. The number of carbonyl (C=O) groups is 3. The van der Waals surface area contributed by atoms with Crippen molar-refractivity contribution >= 4 is 18.0 Å². The van der Waals surface area contributed by atoms with Crippen molar-refractivity contribution < 1.29 is 24.2 Å². The second-order valence-electron chi connectivity index (χ2n) is 7.76. The summed E-state index contributed by atoms with van der Waals surface area (Å²) in [6.45, 7) is 4.32. The van der Waals surface area contributed by atoms with Gasteiger partial charge in [-0.3, -0.25) is 9.59 Å². The summed E-state index contributed by atoms with van der Waals surface area (Å²) in [5.41, 5.74) is 4.37. The number of benzene rings is 2. The van der Waals surface area contributed by atoms with Crippen LogP contribution in [0.3, 0.4) is 0 Å². The maximum Gasteiger partial charge on any atom is 0.407 e. The third-order valence-electron chi connectivity index (χ3n) is 5.02. The molecule has 7 nitrogen and oxygen atoms in total. The molecule has 1 unspecified atom stereocenters. The van der Waals surface area contributed by atoms with Gasteiger partial charge in [0.05, 0.1) is 6.42 Å². The van der Waals surface area contributed by atoms with Crippen molar-refractivity contribution in [3.8, 4) is 11.1 Å². The molecule has 2 aromatic rings. The molecule has 1 aliphatic rings. The van der Waals surface area contributed by atoms with Crippen LogP contribution in [0.1, 0.15) is 37.3 Å². The summed E-state index contributed by atoms with van der Waals surface area (Å²) in [4.78, 5) is 35.7. The van der Waals surface area contributed by atoms with Crippen LogP contribution in [0.2, 0.25) is 0 Å². The van der Waals surface area contributed by atoms with E-state index in [1.165, 1.54) is 0 Å². The molecule has 0 fully saturated rings. The lowest BCUT2D eigenvalue weighted by Crippen LogP contribution is -2.48. The van der Waals surface area contributed by atoms with Crippen molar-refractivity contribution in [2.75, 3.05) is 13.2 Å². The number of alkyl carbamates (subject to hydrolysis) is 1. The number of carboxylic acids is 1. The van der Waals surface area contributed by atoms with E-state index < -0.39 is 30.4 Å². The summed E-state index contributed by atoms with van der Waals surface area (Å²) in [5, 5.41) is 14.1. The van der Waals surface area contributed by atoms with Gasteiger partial charge < -0.3 is 20.5 Å². The van der Waals surface area contributed by atoms with E-state index in [-0.39, 0.29) is 18.4 Å². The molecule has 7 heteroatoms. The van der Waals surface area contributed by atoms with E-state index in [0.717, 1.165) is 22.3 Å². The molecule has 30 heavy (non-hydrogen) atoms. The maximum absolute atomic E-state index is 12.4. The molecule has 1 atom stereocenters. The van der Waals surface area contributed by atoms with Crippen LogP contribution in [0.15, 0.2) is 48.5 Å². The number of aliphatic carboxylic acids is 1. The van der Waals surface area contributed by atoms with E-state index in [0.29, 0.717) is 6.54 Å². The first kappa shape index (κ1) is 21.4. The predicted molar refractivity (Wildman–Crippen MR) is 112 cm³/mol. The maximum atomic E-state index is 12.4. The first-order valence-corrected chi connectivity index (χ1v) is 9.97. The van der Waals surface area contributed by atoms with E-state index in [2.05, 4.69) is 10.6 Å². The van der Waals surface area contributed by atoms with Gasteiger partial charge in [-0.05, 0) is 28.2 Å². The average Bonchev–Trinajstić information content (AvgIpc) is 3.03. The van der Waals surface area contributed by atoms with Gasteiger partial charge in [0, 0.05) is 12.5 Å². The minimum Gasteiger partial charge on any atom is -0.481 e. The number of fused-ring (bicyclic) bond motifs is 3. The molecule has 0 heterocycles. The molecule has 0 saturated heterocycles. The minimum atomic E-state index is -1.20. The van der Waals surface area contributed by atoms with Gasteiger partial charge in [0.2, 0.25) is 5.91 Å². The van der Waals surface area contributed by atoms with Crippen molar-refractivity contribution in [2.45, 2.75) is 32.2 Å². The van der Waals surface area contributed by atoms with Crippen molar-refractivity contribution in [2.24, 2.45) is 5.92 Å². The van der Waals surface area contributed by atoms with Crippen molar-refractivity contribution in [3.05, 3.63) is 59.7 Å². The number of hydrogen-bond acceptors (Lipinski definition) is 4. The second-order valence-corrected chi connectivity index (χ2v) is 7.76. The van der Waals surface area contributed by atoms with Gasteiger partial charge in [0.15, 0.2) is 0 Å². The monoisotopic (exact) mass is 410 g/mol. The first-order chi connectivity index (χ1) is 14.4. The van der Waals surface area contributed by atoms with E-state index in [1.54, 1.807) is 0 Å². The first-order valence-electron chi connectivity index (χ1n) is 9.97. The lowest BCUT2D eigenvalue weighted by Gasteiger charge is -2.19. The molecule has 158 valence electrons. The number of amides is 2. The smallest absolute Gasteiger partial charge is 0.407 e. The highest BCUT2D eigenvalue weighted by Crippen LogP contribution is 2.44. The number of carboxylic acid groups (broad SMARTS) is 1. The highest BCUT2D eigenvalue weighted by molar-refractivity contribution is 5.89. The van der Waals surface area contributed by atoms with E-state index in [9.17, 15) is 14.4 Å². The normalized spacial score (nSPS) is 13.3. The molecular formula is C23H26N2O5. The van der Waals surface area contributed by atoms with Crippen LogP contribution in [0, 0.1) is 5.92 Å². The second kappa shape index (κ2) is 9.43. The van der Waals surface area contributed by atoms with E-state index in [1.807, 2.05) is 62.4 Å². The van der Waals surface area contributed by atoms with Crippen LogP contribution >= 0.6 is 0 Å². The molecular weight excluding hydrogens is 384 g/mol. The van der Waals surface area contributed by atoms with Crippen LogP contribution < -0.4 is 10.6 Å². The third kappa shape index (κ3) is 4.97.